The molecule has 0 atom stereocenters. The second-order valence-electron chi connectivity index (χ2n) is 5.47. The van der Waals surface area contributed by atoms with Crippen LogP contribution in [0.5, 0.6) is 0 Å². The van der Waals surface area contributed by atoms with Gasteiger partial charge in [0.1, 0.15) is 18.5 Å². The summed E-state index contributed by atoms with van der Waals surface area (Å²) in [6, 6.07) is 0. The van der Waals surface area contributed by atoms with Gasteiger partial charge in [0.05, 0.1) is 11.4 Å². The third-order valence-corrected chi connectivity index (χ3v) is 3.86. The van der Waals surface area contributed by atoms with Crippen LogP contribution >= 0.6 is 12.6 Å². The molecule has 1 fully saturated rings. The van der Waals surface area contributed by atoms with Gasteiger partial charge in [-0.3, -0.25) is 4.79 Å². The van der Waals surface area contributed by atoms with Gasteiger partial charge < -0.3 is 9.47 Å². The maximum absolute atomic E-state index is 12.1. The van der Waals surface area contributed by atoms with E-state index >= 15 is 0 Å². The molecule has 0 bridgehead atoms. The molecule has 0 aliphatic heterocycles. The number of thiol groups is 1. The Hall–Kier alpha value is -1.50. The number of carbonyl (C=O) groups is 2. The first-order valence-corrected chi connectivity index (χ1v) is 7.68. The molecule has 1 aliphatic carbocycles. The van der Waals surface area contributed by atoms with Crippen molar-refractivity contribution in [3.8, 4) is 0 Å². The summed E-state index contributed by atoms with van der Waals surface area (Å²) in [5.74, 6) is -0.411. The van der Waals surface area contributed by atoms with Crippen LogP contribution < -0.4 is 0 Å². The fraction of sp³-hybridized carbons (Fsp3) is 0.643. The third-order valence-electron chi connectivity index (χ3n) is 3.60. The van der Waals surface area contributed by atoms with Crippen LogP contribution in [0, 0.1) is 0 Å². The van der Waals surface area contributed by atoms with Crippen molar-refractivity contribution in [1.82, 2.24) is 9.55 Å². The number of rotatable bonds is 4. The lowest BCUT2D eigenvalue weighted by molar-refractivity contribution is -0.141. The van der Waals surface area contributed by atoms with Crippen molar-refractivity contribution in [3.63, 3.8) is 0 Å². The Morgan fingerprint density at radius 1 is 1.38 bits per heavy atom. The van der Waals surface area contributed by atoms with Crippen LogP contribution in [0.15, 0.2) is 12.5 Å². The summed E-state index contributed by atoms with van der Waals surface area (Å²) in [5.41, 5.74) is 0.106. The molecular formula is C14H20N2O4S. The highest BCUT2D eigenvalue weighted by molar-refractivity contribution is 7.81. The maximum atomic E-state index is 12.1. The van der Waals surface area contributed by atoms with E-state index in [1.165, 1.54) is 23.5 Å². The Kier molecular flexibility index (Phi) is 5.27. The molecule has 0 aromatic carbocycles. The van der Waals surface area contributed by atoms with Gasteiger partial charge in [0.2, 0.25) is 0 Å². The summed E-state index contributed by atoms with van der Waals surface area (Å²) >= 11 is 3.81. The van der Waals surface area contributed by atoms with Crippen LogP contribution in [0.4, 0.5) is 4.79 Å². The predicted molar refractivity (Wildman–Crippen MR) is 79.2 cm³/mol. The van der Waals surface area contributed by atoms with Gasteiger partial charge in [0.15, 0.2) is 0 Å². The molecular weight excluding hydrogens is 292 g/mol. The average molecular weight is 312 g/mol. The Balaban J connectivity index is 1.91. The summed E-state index contributed by atoms with van der Waals surface area (Å²) in [6.07, 6.45) is 7.58. The second-order valence-corrected chi connectivity index (χ2v) is 5.79. The number of hydrogen-bond acceptors (Lipinski definition) is 6. The van der Waals surface area contributed by atoms with Gasteiger partial charge >= 0.3 is 12.1 Å². The quantitative estimate of drug-likeness (QED) is 0.683. The standard InChI is InChI=1S/C14H20N2O4S/c1-14(5-3-2-4-6-14)20-13(18)16-7-11(15-10-16)8-19-12(17)9-21/h7,10,21H,2-6,8-9H2,1H3. The third kappa shape index (κ3) is 4.49. The lowest BCUT2D eigenvalue weighted by Gasteiger charge is -2.32. The Bertz CT molecular complexity index is 509. The number of imidazole rings is 1. The fourth-order valence-electron chi connectivity index (χ4n) is 2.40. The van der Waals surface area contributed by atoms with Gasteiger partial charge in [-0.05, 0) is 32.6 Å². The fourth-order valence-corrected chi connectivity index (χ4v) is 2.49. The molecule has 116 valence electrons. The van der Waals surface area contributed by atoms with Crippen molar-refractivity contribution >= 4 is 24.7 Å². The molecule has 1 aliphatic rings. The topological polar surface area (TPSA) is 70.4 Å². The van der Waals surface area contributed by atoms with Crippen molar-refractivity contribution in [3.05, 3.63) is 18.2 Å². The molecule has 7 heteroatoms. The molecule has 0 amide bonds. The normalized spacial score (nSPS) is 17.2. The van der Waals surface area contributed by atoms with Crippen LogP contribution in [0.25, 0.3) is 0 Å². The van der Waals surface area contributed by atoms with Crippen LogP contribution in [0.1, 0.15) is 44.7 Å². The molecule has 2 rings (SSSR count). The molecule has 1 heterocycles. The molecule has 0 radical (unpaired) electrons. The van der Waals surface area contributed by atoms with Gasteiger partial charge in [-0.25, -0.2) is 14.3 Å². The first kappa shape index (κ1) is 15.9. The average Bonchev–Trinajstić information content (AvgIpc) is 2.94. The Morgan fingerprint density at radius 3 is 2.76 bits per heavy atom. The Morgan fingerprint density at radius 2 is 2.10 bits per heavy atom. The summed E-state index contributed by atoms with van der Waals surface area (Å²) in [7, 11) is 0. The highest BCUT2D eigenvalue weighted by Crippen LogP contribution is 2.31. The van der Waals surface area contributed by atoms with Crippen molar-refractivity contribution in [1.29, 1.82) is 0 Å². The zero-order valence-electron chi connectivity index (χ0n) is 12.1. The highest BCUT2D eigenvalue weighted by Gasteiger charge is 2.31. The van der Waals surface area contributed by atoms with Crippen LogP contribution in [-0.4, -0.2) is 33.0 Å². The molecule has 1 aromatic heterocycles. The number of esters is 1. The number of aromatic nitrogens is 2. The monoisotopic (exact) mass is 312 g/mol. The smallest absolute Gasteiger partial charge is 0.419 e. The van der Waals surface area contributed by atoms with E-state index in [4.69, 9.17) is 9.47 Å². The molecule has 1 aromatic rings. The molecule has 0 N–H and O–H groups in total. The lowest BCUT2D eigenvalue weighted by atomic mass is 9.86. The zero-order valence-corrected chi connectivity index (χ0v) is 13.0. The van der Waals surface area contributed by atoms with Gasteiger partial charge in [0, 0.05) is 6.20 Å². The molecule has 6 nitrogen and oxygen atoms in total. The van der Waals surface area contributed by atoms with Crippen LogP contribution in [0.2, 0.25) is 0 Å². The summed E-state index contributed by atoms with van der Waals surface area (Å²) < 4.78 is 11.8. The van der Waals surface area contributed by atoms with Crippen LogP contribution in [0.3, 0.4) is 0 Å². The number of ether oxygens (including phenoxy) is 2. The van der Waals surface area contributed by atoms with E-state index in [2.05, 4.69) is 17.6 Å². The van der Waals surface area contributed by atoms with Crippen molar-refractivity contribution in [2.45, 2.75) is 51.2 Å². The number of carbonyl (C=O) groups excluding carboxylic acids is 2. The number of nitrogens with zero attached hydrogens (tertiary/aromatic N) is 2. The minimum Gasteiger partial charge on any atom is -0.458 e. The van der Waals surface area contributed by atoms with Crippen LogP contribution in [-0.2, 0) is 20.9 Å². The minimum absolute atomic E-state index is 0.0150. The molecule has 0 saturated heterocycles. The van der Waals surface area contributed by atoms with Crippen molar-refractivity contribution in [2.24, 2.45) is 0 Å². The van der Waals surface area contributed by atoms with Gasteiger partial charge in [-0.2, -0.15) is 12.6 Å². The number of hydrogen-bond donors (Lipinski definition) is 1. The Labute approximate surface area is 129 Å². The first-order chi connectivity index (χ1) is 10.0. The lowest BCUT2D eigenvalue weighted by Crippen LogP contribution is -2.35. The maximum Gasteiger partial charge on any atom is 0.419 e. The predicted octanol–water partition coefficient (Wildman–Crippen LogP) is 2.56. The van der Waals surface area contributed by atoms with E-state index in [0.29, 0.717) is 5.69 Å². The zero-order chi connectivity index (χ0) is 15.3. The van der Waals surface area contributed by atoms with E-state index in [0.717, 1.165) is 25.7 Å². The molecule has 0 spiro atoms. The molecule has 21 heavy (non-hydrogen) atoms. The largest absolute Gasteiger partial charge is 0.458 e. The van der Waals surface area contributed by atoms with Gasteiger partial charge in [-0.1, -0.05) is 6.42 Å². The van der Waals surface area contributed by atoms with E-state index < -0.39 is 17.7 Å². The summed E-state index contributed by atoms with van der Waals surface area (Å²) in [5, 5.41) is 0. The SMILES string of the molecule is CC1(OC(=O)n2cnc(COC(=O)CS)c2)CCCCC1. The van der Waals surface area contributed by atoms with E-state index in [9.17, 15) is 9.59 Å². The molecule has 1 saturated carbocycles. The van der Waals surface area contributed by atoms with Crippen molar-refractivity contribution in [2.75, 3.05) is 5.75 Å². The molecule has 0 unspecified atom stereocenters. The van der Waals surface area contributed by atoms with Gasteiger partial charge in [-0.15, -0.1) is 0 Å². The highest BCUT2D eigenvalue weighted by atomic mass is 32.1. The van der Waals surface area contributed by atoms with E-state index in [1.54, 1.807) is 0 Å². The summed E-state index contributed by atoms with van der Waals surface area (Å²) in [6.45, 7) is 1.99. The summed E-state index contributed by atoms with van der Waals surface area (Å²) in [4.78, 5) is 27.1. The van der Waals surface area contributed by atoms with Gasteiger partial charge in [0.25, 0.3) is 0 Å². The van der Waals surface area contributed by atoms with E-state index in [1.807, 2.05) is 6.92 Å². The first-order valence-electron chi connectivity index (χ1n) is 7.05. The minimum atomic E-state index is -0.446. The second kappa shape index (κ2) is 6.98. The van der Waals surface area contributed by atoms with E-state index in [-0.39, 0.29) is 12.4 Å². The van der Waals surface area contributed by atoms with Crippen molar-refractivity contribution < 1.29 is 19.1 Å².